The van der Waals surface area contributed by atoms with E-state index in [1.54, 1.807) is 0 Å². The molecular weight excluding hydrogens is 434 g/mol. The quantitative estimate of drug-likeness (QED) is 0.203. The number of benzene rings is 2. The third kappa shape index (κ3) is 7.49. The summed E-state index contributed by atoms with van der Waals surface area (Å²) in [5.41, 5.74) is 5.45. The standard InChI is InChI=1S/C30H41N3O2/c1-2-3-4-5-6-7-8-9-10-18-29-31-30(35-32-29)26-21-19-24(20-22-26)23-33(34)28-17-13-15-25-14-11-12-16-27(25)28/h13,15,17,19-22,33H,2-12,14,16,18,23H2,1H3. The second-order valence-corrected chi connectivity index (χ2v) is 10.0. The predicted octanol–water partition coefficient (Wildman–Crippen LogP) is 6.90. The summed E-state index contributed by atoms with van der Waals surface area (Å²) in [5, 5.41) is 17.4. The molecule has 0 radical (unpaired) electrons. The van der Waals surface area contributed by atoms with Crippen LogP contribution in [0, 0.1) is 5.21 Å². The zero-order valence-corrected chi connectivity index (χ0v) is 21.4. The molecule has 0 fully saturated rings. The lowest BCUT2D eigenvalue weighted by atomic mass is 9.90. The summed E-state index contributed by atoms with van der Waals surface area (Å²) in [6, 6.07) is 14.2. The molecule has 35 heavy (non-hydrogen) atoms. The number of quaternary nitrogens is 1. The highest BCUT2D eigenvalue weighted by molar-refractivity contribution is 5.53. The molecule has 1 heterocycles. The largest absolute Gasteiger partial charge is 0.629 e. The molecule has 1 N–H and O–H groups in total. The highest BCUT2D eigenvalue weighted by Crippen LogP contribution is 2.26. The number of aromatic nitrogens is 2. The molecule has 0 aliphatic heterocycles. The Hall–Kier alpha value is -2.50. The number of hydroxylamine groups is 1. The molecule has 5 heteroatoms. The molecule has 0 amide bonds. The van der Waals surface area contributed by atoms with E-state index in [1.807, 2.05) is 36.4 Å². The first-order valence-corrected chi connectivity index (χ1v) is 13.8. The van der Waals surface area contributed by atoms with Crippen molar-refractivity contribution in [2.45, 2.75) is 103 Å². The van der Waals surface area contributed by atoms with Gasteiger partial charge in [-0.15, -0.1) is 0 Å². The fraction of sp³-hybridized carbons (Fsp3) is 0.533. The Bertz CT molecular complexity index is 1030. The Balaban J connectivity index is 1.23. The average Bonchev–Trinajstić information content (AvgIpc) is 3.37. The van der Waals surface area contributed by atoms with Crippen LogP contribution in [0.15, 0.2) is 47.0 Å². The van der Waals surface area contributed by atoms with Crippen LogP contribution in [0.3, 0.4) is 0 Å². The third-order valence-corrected chi connectivity index (χ3v) is 7.23. The van der Waals surface area contributed by atoms with Crippen LogP contribution in [0.4, 0.5) is 5.69 Å². The molecule has 1 aromatic heterocycles. The molecular formula is C30H41N3O2. The van der Waals surface area contributed by atoms with E-state index in [4.69, 9.17) is 4.52 Å². The molecule has 4 rings (SSSR count). The maximum Gasteiger partial charge on any atom is 0.257 e. The molecule has 0 saturated carbocycles. The van der Waals surface area contributed by atoms with E-state index < -0.39 is 0 Å². The van der Waals surface area contributed by atoms with Gasteiger partial charge in [-0.1, -0.05) is 87.7 Å². The molecule has 1 unspecified atom stereocenters. The van der Waals surface area contributed by atoms with Gasteiger partial charge in [0.25, 0.3) is 5.89 Å². The van der Waals surface area contributed by atoms with Gasteiger partial charge in [0.15, 0.2) is 5.82 Å². The van der Waals surface area contributed by atoms with Crippen LogP contribution in [0.25, 0.3) is 11.5 Å². The van der Waals surface area contributed by atoms with Gasteiger partial charge in [-0.05, 0) is 55.9 Å². The van der Waals surface area contributed by atoms with Crippen molar-refractivity contribution in [2.75, 3.05) is 0 Å². The fourth-order valence-corrected chi connectivity index (χ4v) is 5.15. The number of rotatable bonds is 14. The minimum absolute atomic E-state index is 0.206. The summed E-state index contributed by atoms with van der Waals surface area (Å²) in [6.45, 7) is 2.68. The topological polar surface area (TPSA) is 66.4 Å². The van der Waals surface area contributed by atoms with Gasteiger partial charge in [-0.2, -0.15) is 4.98 Å². The van der Waals surface area contributed by atoms with Crippen molar-refractivity contribution < 1.29 is 9.59 Å². The lowest BCUT2D eigenvalue weighted by molar-refractivity contribution is -0.792. The van der Waals surface area contributed by atoms with Crippen LogP contribution in [-0.4, -0.2) is 10.1 Å². The summed E-state index contributed by atoms with van der Waals surface area (Å²) in [6.07, 6.45) is 17.2. The van der Waals surface area contributed by atoms with Crippen molar-refractivity contribution in [3.05, 3.63) is 70.2 Å². The Labute approximate surface area is 210 Å². The highest BCUT2D eigenvalue weighted by atomic mass is 16.5. The lowest BCUT2D eigenvalue weighted by Gasteiger charge is -2.27. The minimum atomic E-state index is 0.206. The van der Waals surface area contributed by atoms with E-state index in [0.717, 1.165) is 48.3 Å². The van der Waals surface area contributed by atoms with Crippen molar-refractivity contribution in [3.63, 3.8) is 0 Å². The third-order valence-electron chi connectivity index (χ3n) is 7.23. The molecule has 188 valence electrons. The van der Waals surface area contributed by atoms with Crippen molar-refractivity contribution in [1.29, 1.82) is 0 Å². The Kier molecular flexibility index (Phi) is 9.91. The molecule has 0 bridgehead atoms. The summed E-state index contributed by atoms with van der Waals surface area (Å²) >= 11 is 0. The van der Waals surface area contributed by atoms with Crippen molar-refractivity contribution >= 4 is 5.69 Å². The maximum absolute atomic E-state index is 13.0. The van der Waals surface area contributed by atoms with E-state index >= 15 is 0 Å². The number of hydrogen-bond acceptors (Lipinski definition) is 4. The summed E-state index contributed by atoms with van der Waals surface area (Å²) in [5.74, 6) is 1.35. The van der Waals surface area contributed by atoms with E-state index in [1.165, 1.54) is 75.3 Å². The first-order valence-electron chi connectivity index (χ1n) is 13.8. The Morgan fingerprint density at radius 3 is 2.34 bits per heavy atom. The van der Waals surface area contributed by atoms with Crippen LogP contribution >= 0.6 is 0 Å². The lowest BCUT2D eigenvalue weighted by Crippen LogP contribution is -3.00. The number of fused-ring (bicyclic) bond motifs is 1. The number of hydrogen-bond donors (Lipinski definition) is 1. The molecule has 1 aliphatic carbocycles. The number of unbranched alkanes of at least 4 members (excludes halogenated alkanes) is 8. The van der Waals surface area contributed by atoms with Gasteiger partial charge in [0.2, 0.25) is 0 Å². The SMILES string of the molecule is CCCCCCCCCCCc1noc(-c2ccc(C[NH+]([O-])c3cccc4c3CCCC4)cc2)n1. The summed E-state index contributed by atoms with van der Waals surface area (Å²) < 4.78 is 5.51. The van der Waals surface area contributed by atoms with Gasteiger partial charge in [0.1, 0.15) is 12.2 Å². The van der Waals surface area contributed by atoms with Gasteiger partial charge < -0.3 is 14.8 Å². The van der Waals surface area contributed by atoms with Gasteiger partial charge in [-0.25, -0.2) is 0 Å². The zero-order chi connectivity index (χ0) is 24.3. The molecule has 2 aromatic carbocycles. The first-order chi connectivity index (χ1) is 17.2. The van der Waals surface area contributed by atoms with Crippen LogP contribution in [0.5, 0.6) is 0 Å². The Morgan fingerprint density at radius 1 is 0.857 bits per heavy atom. The normalized spacial score (nSPS) is 14.1. The predicted molar refractivity (Wildman–Crippen MR) is 141 cm³/mol. The van der Waals surface area contributed by atoms with Crippen molar-refractivity contribution in [1.82, 2.24) is 10.1 Å². The average molecular weight is 476 g/mol. The molecule has 1 aliphatic rings. The van der Waals surface area contributed by atoms with Crippen LogP contribution in [0.1, 0.15) is 100 Å². The monoisotopic (exact) mass is 475 g/mol. The van der Waals surface area contributed by atoms with Gasteiger partial charge in [0.05, 0.1) is 0 Å². The van der Waals surface area contributed by atoms with E-state index in [2.05, 4.69) is 23.1 Å². The highest BCUT2D eigenvalue weighted by Gasteiger charge is 2.17. The van der Waals surface area contributed by atoms with Crippen LogP contribution < -0.4 is 5.06 Å². The fourth-order valence-electron chi connectivity index (χ4n) is 5.15. The number of nitrogens with zero attached hydrogens (tertiary/aromatic N) is 2. The van der Waals surface area contributed by atoms with E-state index in [-0.39, 0.29) is 5.06 Å². The second-order valence-electron chi connectivity index (χ2n) is 10.0. The molecule has 3 aromatic rings. The first kappa shape index (κ1) is 25.6. The van der Waals surface area contributed by atoms with Crippen molar-refractivity contribution in [3.8, 4) is 11.5 Å². The summed E-state index contributed by atoms with van der Waals surface area (Å²) in [7, 11) is 0. The van der Waals surface area contributed by atoms with Gasteiger partial charge in [0, 0.05) is 23.1 Å². The van der Waals surface area contributed by atoms with Gasteiger partial charge in [-0.3, -0.25) is 0 Å². The number of nitrogens with one attached hydrogen (secondary N) is 1. The second kappa shape index (κ2) is 13.6. The van der Waals surface area contributed by atoms with Crippen LogP contribution in [-0.2, 0) is 25.8 Å². The minimum Gasteiger partial charge on any atom is -0.629 e. The van der Waals surface area contributed by atoms with Crippen molar-refractivity contribution in [2.24, 2.45) is 0 Å². The maximum atomic E-state index is 13.0. The van der Waals surface area contributed by atoms with E-state index in [0.29, 0.717) is 12.4 Å². The molecule has 0 saturated heterocycles. The summed E-state index contributed by atoms with van der Waals surface area (Å²) in [4.78, 5) is 4.59. The Morgan fingerprint density at radius 2 is 1.57 bits per heavy atom. The van der Waals surface area contributed by atoms with E-state index in [9.17, 15) is 5.21 Å². The molecule has 0 spiro atoms. The molecule has 5 nitrogen and oxygen atoms in total. The number of aryl methyl sites for hydroxylation is 2. The smallest absolute Gasteiger partial charge is 0.257 e. The van der Waals surface area contributed by atoms with Crippen LogP contribution in [0.2, 0.25) is 0 Å². The zero-order valence-electron chi connectivity index (χ0n) is 21.4. The van der Waals surface area contributed by atoms with Gasteiger partial charge >= 0.3 is 0 Å². The molecule has 1 atom stereocenters.